The van der Waals surface area contributed by atoms with Crippen LogP contribution in [0.4, 0.5) is 0 Å². The largest absolute Gasteiger partial charge is 0.492 e. The highest BCUT2D eigenvalue weighted by Gasteiger charge is 2.16. The summed E-state index contributed by atoms with van der Waals surface area (Å²) in [5, 5.41) is 13.1. The van der Waals surface area contributed by atoms with Crippen molar-refractivity contribution in [3.8, 4) is 16.9 Å². The second-order valence-electron chi connectivity index (χ2n) is 6.34. The monoisotopic (exact) mass is 302 g/mol. The summed E-state index contributed by atoms with van der Waals surface area (Å²) in [6.07, 6.45) is 3.78. The molecule has 2 rings (SSSR count). The Morgan fingerprint density at radius 3 is 2.68 bits per heavy atom. The number of aliphatic carboxylic acids is 1. The third kappa shape index (κ3) is 3.87. The summed E-state index contributed by atoms with van der Waals surface area (Å²) >= 11 is 0. The van der Waals surface area contributed by atoms with Gasteiger partial charge in [-0.15, -0.1) is 0 Å². The number of hydrogen-bond donors (Lipinski definition) is 1. The van der Waals surface area contributed by atoms with Gasteiger partial charge in [-0.05, 0) is 39.8 Å². The van der Waals surface area contributed by atoms with Crippen molar-refractivity contribution in [3.63, 3.8) is 0 Å². The molecule has 0 aliphatic heterocycles. The molecule has 0 unspecified atom stereocenters. The van der Waals surface area contributed by atoms with Crippen molar-refractivity contribution < 1.29 is 14.6 Å². The Hall–Kier alpha value is -2.30. The molecule has 0 fully saturated rings. The molecule has 1 aromatic heterocycles. The van der Waals surface area contributed by atoms with Gasteiger partial charge in [0.15, 0.2) is 0 Å². The molecular formula is C17H22N2O3. The Kier molecular flexibility index (Phi) is 4.54. The fourth-order valence-corrected chi connectivity index (χ4v) is 2.07. The summed E-state index contributed by atoms with van der Waals surface area (Å²) in [7, 11) is 0. The molecule has 0 radical (unpaired) electrons. The Morgan fingerprint density at radius 2 is 2.09 bits per heavy atom. The molecule has 0 aliphatic carbocycles. The first-order valence-corrected chi connectivity index (χ1v) is 7.28. The third-order valence-electron chi connectivity index (χ3n) is 3.29. The van der Waals surface area contributed by atoms with Gasteiger partial charge >= 0.3 is 5.97 Å². The number of hydrogen-bond acceptors (Lipinski definition) is 3. The van der Waals surface area contributed by atoms with E-state index >= 15 is 0 Å². The van der Waals surface area contributed by atoms with Crippen LogP contribution in [-0.4, -0.2) is 27.5 Å². The first kappa shape index (κ1) is 16.1. The van der Waals surface area contributed by atoms with Crippen molar-refractivity contribution >= 4 is 5.97 Å². The van der Waals surface area contributed by atoms with E-state index in [0.717, 1.165) is 16.7 Å². The van der Waals surface area contributed by atoms with E-state index < -0.39 is 5.97 Å². The molecule has 22 heavy (non-hydrogen) atoms. The van der Waals surface area contributed by atoms with Crippen molar-refractivity contribution in [2.24, 2.45) is 0 Å². The zero-order valence-corrected chi connectivity index (χ0v) is 13.5. The maximum atomic E-state index is 10.6. The topological polar surface area (TPSA) is 64.3 Å². The maximum Gasteiger partial charge on any atom is 0.306 e. The van der Waals surface area contributed by atoms with Gasteiger partial charge in [-0.2, -0.15) is 5.10 Å². The smallest absolute Gasteiger partial charge is 0.306 e. The van der Waals surface area contributed by atoms with Gasteiger partial charge in [-0.1, -0.05) is 11.6 Å². The summed E-state index contributed by atoms with van der Waals surface area (Å²) in [5.41, 5.74) is 2.92. The highest BCUT2D eigenvalue weighted by molar-refractivity contribution is 5.70. The highest BCUT2D eigenvalue weighted by atomic mass is 16.5. The van der Waals surface area contributed by atoms with Crippen molar-refractivity contribution in [2.45, 2.75) is 39.7 Å². The van der Waals surface area contributed by atoms with Gasteiger partial charge in [-0.25, -0.2) is 0 Å². The Bertz CT molecular complexity index is 669. The molecule has 118 valence electrons. The van der Waals surface area contributed by atoms with Crippen LogP contribution in [0.5, 0.6) is 5.75 Å². The lowest BCUT2D eigenvalue weighted by molar-refractivity contribution is -0.137. The first-order chi connectivity index (χ1) is 10.3. The van der Waals surface area contributed by atoms with Gasteiger partial charge in [-0.3, -0.25) is 9.48 Å². The molecule has 2 aromatic rings. The lowest BCUT2D eigenvalue weighted by atomic mass is 10.1. The predicted molar refractivity (Wildman–Crippen MR) is 85.1 cm³/mol. The second-order valence-corrected chi connectivity index (χ2v) is 6.34. The van der Waals surface area contributed by atoms with Crippen LogP contribution in [-0.2, 0) is 10.3 Å². The van der Waals surface area contributed by atoms with Crippen LogP contribution in [0.3, 0.4) is 0 Å². The van der Waals surface area contributed by atoms with E-state index in [4.69, 9.17) is 9.84 Å². The minimum absolute atomic E-state index is 0.0193. The predicted octanol–water partition coefficient (Wildman–Crippen LogP) is 3.47. The minimum Gasteiger partial charge on any atom is -0.492 e. The lowest BCUT2D eigenvalue weighted by Gasteiger charge is -2.18. The summed E-state index contributed by atoms with van der Waals surface area (Å²) < 4.78 is 7.54. The van der Waals surface area contributed by atoms with E-state index in [1.807, 2.05) is 42.2 Å². The molecule has 5 heteroatoms. The summed E-state index contributed by atoms with van der Waals surface area (Å²) in [6, 6.07) is 5.86. The van der Waals surface area contributed by atoms with E-state index in [9.17, 15) is 4.79 Å². The van der Waals surface area contributed by atoms with Gasteiger partial charge in [0, 0.05) is 17.3 Å². The van der Waals surface area contributed by atoms with E-state index in [1.165, 1.54) is 0 Å². The van der Waals surface area contributed by atoms with Gasteiger partial charge < -0.3 is 9.84 Å². The van der Waals surface area contributed by atoms with Gasteiger partial charge in [0.1, 0.15) is 5.75 Å². The molecule has 1 heterocycles. The van der Waals surface area contributed by atoms with Gasteiger partial charge in [0.2, 0.25) is 0 Å². The number of rotatable bonds is 5. The molecule has 0 saturated heterocycles. The van der Waals surface area contributed by atoms with E-state index in [-0.39, 0.29) is 18.6 Å². The molecule has 1 aromatic carbocycles. The van der Waals surface area contributed by atoms with Crippen LogP contribution in [0.25, 0.3) is 11.1 Å². The Morgan fingerprint density at radius 1 is 1.36 bits per heavy atom. The van der Waals surface area contributed by atoms with E-state index in [0.29, 0.717) is 5.75 Å². The molecule has 0 atom stereocenters. The standard InChI is InChI=1S/C17H22N2O3/c1-12-5-6-15(22-8-7-16(20)21)14(9-12)13-10-18-19(11-13)17(2,3)4/h5-6,9-11H,7-8H2,1-4H3,(H,20,21). The average Bonchev–Trinajstić information content (AvgIpc) is 2.89. The van der Waals surface area contributed by atoms with Crippen LogP contribution >= 0.6 is 0 Å². The summed E-state index contributed by atoms with van der Waals surface area (Å²) in [6.45, 7) is 8.43. The highest BCUT2D eigenvalue weighted by Crippen LogP contribution is 2.31. The van der Waals surface area contributed by atoms with E-state index in [1.54, 1.807) is 0 Å². The molecule has 1 N–H and O–H groups in total. The number of ether oxygens (including phenoxy) is 1. The molecule has 0 amide bonds. The lowest BCUT2D eigenvalue weighted by Crippen LogP contribution is -2.21. The Balaban J connectivity index is 2.30. The van der Waals surface area contributed by atoms with Crippen LogP contribution in [0.15, 0.2) is 30.6 Å². The maximum absolute atomic E-state index is 10.6. The second kappa shape index (κ2) is 6.22. The Labute approximate surface area is 130 Å². The summed E-state index contributed by atoms with van der Waals surface area (Å²) in [4.78, 5) is 10.6. The molecule has 0 bridgehead atoms. The minimum atomic E-state index is -0.866. The number of carboxylic acids is 1. The third-order valence-corrected chi connectivity index (χ3v) is 3.29. The van der Waals surface area contributed by atoms with Gasteiger partial charge in [0.05, 0.1) is 24.8 Å². The molecule has 5 nitrogen and oxygen atoms in total. The zero-order valence-electron chi connectivity index (χ0n) is 13.5. The normalized spacial score (nSPS) is 11.5. The number of aromatic nitrogens is 2. The number of carbonyl (C=O) groups is 1. The van der Waals surface area contributed by atoms with Crippen molar-refractivity contribution in [2.75, 3.05) is 6.61 Å². The SMILES string of the molecule is Cc1ccc(OCCC(=O)O)c(-c2cnn(C(C)(C)C)c2)c1. The molecule has 0 spiro atoms. The number of carboxylic acid groups (broad SMARTS) is 1. The fourth-order valence-electron chi connectivity index (χ4n) is 2.07. The van der Waals surface area contributed by atoms with E-state index in [2.05, 4.69) is 25.9 Å². The van der Waals surface area contributed by atoms with Crippen molar-refractivity contribution in [1.29, 1.82) is 0 Å². The molecular weight excluding hydrogens is 280 g/mol. The number of aryl methyl sites for hydroxylation is 1. The first-order valence-electron chi connectivity index (χ1n) is 7.28. The zero-order chi connectivity index (χ0) is 16.3. The van der Waals surface area contributed by atoms with Crippen molar-refractivity contribution in [3.05, 3.63) is 36.2 Å². The van der Waals surface area contributed by atoms with Crippen molar-refractivity contribution in [1.82, 2.24) is 9.78 Å². The fraction of sp³-hybridized carbons (Fsp3) is 0.412. The molecule has 0 aliphatic rings. The summed E-state index contributed by atoms with van der Waals surface area (Å²) in [5.74, 6) is -0.186. The van der Waals surface area contributed by atoms with Crippen LogP contribution in [0, 0.1) is 6.92 Å². The van der Waals surface area contributed by atoms with Crippen LogP contribution in [0.1, 0.15) is 32.8 Å². The molecule has 0 saturated carbocycles. The number of nitrogens with zero attached hydrogens (tertiary/aromatic N) is 2. The van der Waals surface area contributed by atoms with Gasteiger partial charge in [0.25, 0.3) is 0 Å². The number of benzene rings is 1. The van der Waals surface area contributed by atoms with Crippen LogP contribution in [0.2, 0.25) is 0 Å². The quantitative estimate of drug-likeness (QED) is 0.918. The average molecular weight is 302 g/mol. The van der Waals surface area contributed by atoms with Crippen LogP contribution < -0.4 is 4.74 Å².